The maximum Gasteiger partial charge on any atom is 0.327 e. The average Bonchev–Trinajstić information content (AvgIpc) is 2.99. The van der Waals surface area contributed by atoms with Crippen molar-refractivity contribution in [3.63, 3.8) is 0 Å². The van der Waals surface area contributed by atoms with Crippen molar-refractivity contribution in [2.45, 2.75) is 128 Å². The number of nitrogens with one attached hydrogen (secondary N) is 4. The fraction of sp³-hybridized carbons (Fsp3) is 0.800. The number of rotatable bonds is 17. The van der Waals surface area contributed by atoms with Crippen LogP contribution in [0.3, 0.4) is 0 Å². The number of amides is 4. The lowest BCUT2D eigenvalue weighted by Crippen LogP contribution is -2.60. The van der Waals surface area contributed by atoms with Crippen LogP contribution in [0.1, 0.15) is 104 Å². The van der Waals surface area contributed by atoms with Crippen LogP contribution in [-0.4, -0.2) is 75.7 Å². The first-order chi connectivity index (χ1) is 20.5. The summed E-state index contributed by atoms with van der Waals surface area (Å²) < 4.78 is 0. The van der Waals surface area contributed by atoms with E-state index in [0.29, 0.717) is 12.8 Å². The summed E-state index contributed by atoms with van der Waals surface area (Å²) in [4.78, 5) is 75.7. The number of hydrogen-bond acceptors (Lipinski definition) is 7. The molecule has 2 fully saturated rings. The summed E-state index contributed by atoms with van der Waals surface area (Å²) in [6.45, 7) is 3.68. The lowest BCUT2D eigenvalue weighted by molar-refractivity contribution is -0.142. The Morgan fingerprint density at radius 3 is 1.86 bits per heavy atom. The van der Waals surface area contributed by atoms with Gasteiger partial charge in [0.1, 0.15) is 24.2 Å². The van der Waals surface area contributed by atoms with E-state index in [1.165, 1.54) is 0 Å². The topological polar surface area (TPSA) is 191 Å². The van der Waals surface area contributed by atoms with Crippen molar-refractivity contribution in [2.75, 3.05) is 5.75 Å². The van der Waals surface area contributed by atoms with Crippen LogP contribution in [0.2, 0.25) is 0 Å². The number of thiol groups is 1. The van der Waals surface area contributed by atoms with Crippen LogP contribution in [0.15, 0.2) is 0 Å². The summed E-state index contributed by atoms with van der Waals surface area (Å²) in [6.07, 6.45) is 9.50. The van der Waals surface area contributed by atoms with E-state index in [1.807, 2.05) is 13.8 Å². The molecule has 0 aromatic carbocycles. The lowest BCUT2D eigenvalue weighted by Gasteiger charge is -2.33. The summed E-state index contributed by atoms with van der Waals surface area (Å²) in [5.74, 6) is -4.97. The second-order valence-electron chi connectivity index (χ2n) is 12.1. The van der Waals surface area contributed by atoms with Crippen LogP contribution in [-0.2, 0) is 28.8 Å². The quantitative estimate of drug-likeness (QED) is 0.120. The van der Waals surface area contributed by atoms with Gasteiger partial charge in [0.15, 0.2) is 0 Å². The minimum absolute atomic E-state index is 0.114. The second kappa shape index (κ2) is 18.7. The second-order valence-corrected chi connectivity index (χ2v) is 12.5. The number of carboxylic acid groups (broad SMARTS) is 2. The summed E-state index contributed by atoms with van der Waals surface area (Å²) in [5.41, 5.74) is 0. The molecule has 2 rings (SSSR count). The third kappa shape index (κ3) is 12.4. The third-order valence-electron chi connectivity index (χ3n) is 8.80. The first kappa shape index (κ1) is 36.4. The Morgan fingerprint density at radius 2 is 1.33 bits per heavy atom. The van der Waals surface area contributed by atoms with Crippen LogP contribution in [0.25, 0.3) is 0 Å². The number of carbonyl (C=O) groups is 6. The SMILES string of the molecule is CC[C@H](C)[C@H](NC(=O)[C@@H](NC(=O)CCC(=O)O)C1CCCCC1)C(=O)N[C@@H](CC1CCCCC1)C(=O)N[C@H](CS)C(=O)O. The van der Waals surface area contributed by atoms with Gasteiger partial charge in [-0.3, -0.25) is 24.0 Å². The fourth-order valence-electron chi connectivity index (χ4n) is 5.98. The zero-order valence-electron chi connectivity index (χ0n) is 25.4. The smallest absolute Gasteiger partial charge is 0.327 e. The molecule has 0 bridgehead atoms. The Labute approximate surface area is 259 Å². The molecule has 2 saturated carbocycles. The predicted molar refractivity (Wildman–Crippen MR) is 163 cm³/mol. The Morgan fingerprint density at radius 1 is 0.744 bits per heavy atom. The van der Waals surface area contributed by atoms with Crippen molar-refractivity contribution in [3.05, 3.63) is 0 Å². The van der Waals surface area contributed by atoms with E-state index in [2.05, 4.69) is 33.9 Å². The zero-order valence-corrected chi connectivity index (χ0v) is 26.3. The molecule has 2 aliphatic carbocycles. The molecule has 0 heterocycles. The number of carboxylic acids is 2. The van der Waals surface area contributed by atoms with Crippen LogP contribution >= 0.6 is 12.6 Å². The van der Waals surface area contributed by atoms with Gasteiger partial charge in [-0.1, -0.05) is 71.6 Å². The van der Waals surface area contributed by atoms with Gasteiger partial charge in [-0.05, 0) is 37.0 Å². The van der Waals surface area contributed by atoms with Crippen molar-refractivity contribution in [2.24, 2.45) is 17.8 Å². The van der Waals surface area contributed by atoms with E-state index < -0.39 is 59.7 Å². The largest absolute Gasteiger partial charge is 0.481 e. The van der Waals surface area contributed by atoms with Gasteiger partial charge in [0, 0.05) is 12.2 Å². The number of aliphatic carboxylic acids is 2. The van der Waals surface area contributed by atoms with Crippen molar-refractivity contribution in [1.82, 2.24) is 21.3 Å². The van der Waals surface area contributed by atoms with Crippen molar-refractivity contribution in [1.29, 1.82) is 0 Å². The molecule has 6 N–H and O–H groups in total. The van der Waals surface area contributed by atoms with Gasteiger partial charge in [-0.25, -0.2) is 4.79 Å². The normalized spacial score (nSPS) is 19.6. The van der Waals surface area contributed by atoms with Crippen LogP contribution in [0.4, 0.5) is 0 Å². The first-order valence-corrected chi connectivity index (χ1v) is 16.4. The molecule has 13 heteroatoms. The van der Waals surface area contributed by atoms with Gasteiger partial charge in [0.2, 0.25) is 23.6 Å². The zero-order chi connectivity index (χ0) is 31.9. The Hall–Kier alpha value is -2.83. The Balaban J connectivity index is 2.24. The molecule has 0 aliphatic heterocycles. The van der Waals surface area contributed by atoms with Crippen molar-refractivity contribution in [3.8, 4) is 0 Å². The maximum absolute atomic E-state index is 13.7. The van der Waals surface area contributed by atoms with E-state index in [1.54, 1.807) is 0 Å². The number of hydrogen-bond donors (Lipinski definition) is 7. The van der Waals surface area contributed by atoms with E-state index in [4.69, 9.17) is 5.11 Å². The van der Waals surface area contributed by atoms with E-state index >= 15 is 0 Å². The van der Waals surface area contributed by atoms with Crippen molar-refractivity contribution >= 4 is 48.2 Å². The monoisotopic (exact) mass is 626 g/mol. The highest BCUT2D eigenvalue weighted by Gasteiger charge is 2.37. The van der Waals surface area contributed by atoms with Gasteiger partial charge in [-0.15, -0.1) is 0 Å². The van der Waals surface area contributed by atoms with E-state index in [0.717, 1.165) is 64.2 Å². The molecular weight excluding hydrogens is 576 g/mol. The maximum atomic E-state index is 13.7. The summed E-state index contributed by atoms with van der Waals surface area (Å²) >= 11 is 4.03. The first-order valence-electron chi connectivity index (χ1n) is 15.7. The fourth-order valence-corrected chi connectivity index (χ4v) is 6.23. The molecule has 0 spiro atoms. The van der Waals surface area contributed by atoms with Crippen LogP contribution < -0.4 is 21.3 Å². The molecule has 2 aliphatic rings. The molecule has 0 radical (unpaired) electrons. The molecular formula is C30H50N4O8S. The third-order valence-corrected chi connectivity index (χ3v) is 9.17. The molecule has 0 unspecified atom stereocenters. The van der Waals surface area contributed by atoms with Crippen LogP contribution in [0, 0.1) is 17.8 Å². The summed E-state index contributed by atoms with van der Waals surface area (Å²) in [7, 11) is 0. The van der Waals surface area contributed by atoms with Gasteiger partial charge < -0.3 is 31.5 Å². The van der Waals surface area contributed by atoms with Crippen molar-refractivity contribution < 1.29 is 39.0 Å². The van der Waals surface area contributed by atoms with Gasteiger partial charge >= 0.3 is 11.9 Å². The van der Waals surface area contributed by atoms with Gasteiger partial charge in [0.05, 0.1) is 6.42 Å². The molecule has 244 valence electrons. The van der Waals surface area contributed by atoms with E-state index in [-0.39, 0.29) is 36.3 Å². The minimum atomic E-state index is -1.23. The summed E-state index contributed by atoms with van der Waals surface area (Å²) in [5, 5.41) is 29.2. The minimum Gasteiger partial charge on any atom is -0.481 e. The molecule has 43 heavy (non-hydrogen) atoms. The molecule has 12 nitrogen and oxygen atoms in total. The molecule has 5 atom stereocenters. The predicted octanol–water partition coefficient (Wildman–Crippen LogP) is 2.40. The summed E-state index contributed by atoms with van der Waals surface area (Å²) in [6, 6.07) is -4.14. The Bertz CT molecular complexity index is 968. The molecule has 0 aromatic rings. The highest BCUT2D eigenvalue weighted by Crippen LogP contribution is 2.28. The molecule has 0 aromatic heterocycles. The van der Waals surface area contributed by atoms with E-state index in [9.17, 15) is 33.9 Å². The highest BCUT2D eigenvalue weighted by molar-refractivity contribution is 7.80. The average molecular weight is 627 g/mol. The van der Waals surface area contributed by atoms with Crippen LogP contribution in [0.5, 0.6) is 0 Å². The molecule has 0 saturated heterocycles. The lowest BCUT2D eigenvalue weighted by atomic mass is 9.83. The molecule has 4 amide bonds. The Kier molecular flexibility index (Phi) is 15.9. The standard InChI is InChI=1S/C30H50N4O8S/c1-3-18(2)25(34-29(40)26(20-12-8-5-9-13-20)33-23(35)14-15-24(36)37)28(39)31-21(16-19-10-6-4-7-11-19)27(38)32-22(17-43)30(41)42/h18-22,25-26,43H,3-17H2,1-2H3,(H,31,39)(H,32,38)(H,33,35)(H,34,40)(H,36,37)(H,41,42)/t18-,21-,22+,25-,26-/m0/s1. The van der Waals surface area contributed by atoms with Gasteiger partial charge in [-0.2, -0.15) is 12.6 Å². The van der Waals surface area contributed by atoms with Gasteiger partial charge in [0.25, 0.3) is 0 Å². The number of carbonyl (C=O) groups excluding carboxylic acids is 4. The highest BCUT2D eigenvalue weighted by atomic mass is 32.1.